The van der Waals surface area contributed by atoms with Crippen LogP contribution in [0.3, 0.4) is 0 Å². The first-order valence-electron chi connectivity index (χ1n) is 6.86. The van der Waals surface area contributed by atoms with Gasteiger partial charge < -0.3 is 12.1 Å². The van der Waals surface area contributed by atoms with Gasteiger partial charge in [0.05, 0.1) is 0 Å². The largest absolute Gasteiger partial charge is 1.00 e. The van der Waals surface area contributed by atoms with Gasteiger partial charge >= 0.3 is 106 Å². The summed E-state index contributed by atoms with van der Waals surface area (Å²) in [6, 6.07) is 0. The molecule has 1 fully saturated rings. The van der Waals surface area contributed by atoms with Crippen LogP contribution in [0.1, 0.15) is 1.43 Å². The number of ether oxygens (including phenoxy) is 2. The molecule has 1 rings (SSSR count). The Hall–Kier alpha value is 1.29. The summed E-state index contributed by atoms with van der Waals surface area (Å²) >= 11 is 0.957. The Labute approximate surface area is 143 Å². The Morgan fingerprint density at radius 3 is 1.47 bits per heavy atom. The molecule has 1 aliphatic rings. The predicted octanol–water partition coefficient (Wildman–Crippen LogP) is -0.659. The van der Waals surface area contributed by atoms with Crippen LogP contribution in [0.4, 0.5) is 0 Å². The summed E-state index contributed by atoms with van der Waals surface area (Å²) in [6.45, 7) is 7.03. The number of nitrogens with one attached hydrogen (secondary N) is 2. The second-order valence-corrected chi connectivity index (χ2v) is 4.18. The molecule has 0 aromatic rings. The van der Waals surface area contributed by atoms with Gasteiger partial charge in [-0.25, -0.2) is 0 Å². The summed E-state index contributed by atoms with van der Waals surface area (Å²) in [5, 5.41) is 6.44. The van der Waals surface area contributed by atoms with Crippen LogP contribution in [0.25, 0.3) is 0 Å². The van der Waals surface area contributed by atoms with Crippen LogP contribution < -0.4 is 10.6 Å². The molecule has 0 aromatic carbocycles. The van der Waals surface area contributed by atoms with Crippen LogP contribution in [0.15, 0.2) is 0 Å². The molecule has 19 heavy (non-hydrogen) atoms. The fourth-order valence-corrected chi connectivity index (χ4v) is 1.49. The first kappa shape index (κ1) is 22.6. The molecule has 1 heterocycles. The van der Waals surface area contributed by atoms with Gasteiger partial charge in [0.1, 0.15) is 0 Å². The zero-order valence-corrected chi connectivity index (χ0v) is 16.0. The van der Waals surface area contributed by atoms with Gasteiger partial charge in [0.25, 0.3) is 0 Å². The van der Waals surface area contributed by atoms with Gasteiger partial charge in [-0.3, -0.25) is 0 Å². The molecular weight excluding hydrogens is 274 g/mol. The minimum Gasteiger partial charge on any atom is -1.00 e. The van der Waals surface area contributed by atoms with E-state index in [0.717, 1.165) is 26.2 Å². The molecule has 1 aliphatic heterocycles. The van der Waals surface area contributed by atoms with E-state index in [2.05, 4.69) is 14.8 Å². The van der Waals surface area contributed by atoms with E-state index >= 15 is 0 Å². The molecule has 0 aliphatic carbocycles. The number of hydrogen-bond acceptors (Lipinski definition) is 6. The van der Waals surface area contributed by atoms with E-state index in [-0.39, 0.29) is 17.3 Å². The Morgan fingerprint density at radius 2 is 1.21 bits per heavy atom. The summed E-state index contributed by atoms with van der Waals surface area (Å²) in [5.41, 5.74) is 0. The van der Waals surface area contributed by atoms with Crippen LogP contribution in [-0.4, -0.2) is 111 Å². The zero-order valence-electron chi connectivity index (χ0n) is 13.9. The summed E-state index contributed by atoms with van der Waals surface area (Å²) in [4.78, 5) is 0. The fourth-order valence-electron chi connectivity index (χ4n) is 1.01. The maximum absolute atomic E-state index is 5.10. The molecule has 6 nitrogen and oxygen atoms in total. The average Bonchev–Trinajstić information content (AvgIpc) is 2.51. The average molecular weight is 302 g/mol. The minimum atomic E-state index is -0.349. The maximum atomic E-state index is 5.10. The van der Waals surface area contributed by atoms with Crippen molar-refractivity contribution in [2.75, 3.05) is 66.8 Å². The van der Waals surface area contributed by atoms with Crippen molar-refractivity contribution in [2.45, 2.75) is 4.17 Å². The molecule has 0 amide bonds. The van der Waals surface area contributed by atoms with E-state index in [4.69, 9.17) is 17.1 Å². The standard InChI is InChI=1S/C4H10N2.2C3H7O2.CH3.Al.Na.H/c1-2-6-4-3-5-1;2*1-5-3-2-4;;;;/h5-6H,1-4H2;2*2-3H2,1H3;1H3;;;/q;2*-1;;+3;;-1. The van der Waals surface area contributed by atoms with Gasteiger partial charge in [0.15, 0.2) is 0 Å². The topological polar surface area (TPSA) is 61.0 Å². The smallest absolute Gasteiger partial charge is 1.00 e. The number of rotatable bonds is 8. The molecule has 0 saturated carbocycles. The van der Waals surface area contributed by atoms with E-state index < -0.39 is 0 Å². The Kier molecular flexibility index (Phi) is 28.9. The second kappa shape index (κ2) is 24.3. The Balaban J connectivity index is -0.000000271. The van der Waals surface area contributed by atoms with E-state index in [0.29, 0.717) is 26.4 Å². The van der Waals surface area contributed by atoms with E-state index in [1.165, 1.54) is 27.9 Å². The third-order valence-corrected chi connectivity index (χ3v) is 2.65. The second-order valence-electron chi connectivity index (χ2n) is 3.32. The predicted molar refractivity (Wildman–Crippen MR) is 79.9 cm³/mol. The van der Waals surface area contributed by atoms with Crippen molar-refractivity contribution in [1.82, 2.24) is 10.6 Å². The Morgan fingerprint density at radius 1 is 0.842 bits per heavy atom. The molecule has 110 valence electrons. The minimum absolute atomic E-state index is 0. The third kappa shape index (κ3) is 24.7. The van der Waals surface area contributed by atoms with Crippen molar-refractivity contribution < 1.29 is 18.5 Å². The number of piperazine rings is 1. The maximum Gasteiger partial charge on any atom is -1.00 e. The van der Waals surface area contributed by atoms with Gasteiger partial charge in [0.2, 0.25) is 0 Å². The summed E-state index contributed by atoms with van der Waals surface area (Å²) in [7, 11) is 3.29. The number of hydrogen-bond donors (Lipinski definition) is 2. The zero-order chi connectivity index (χ0) is 14.6. The van der Waals surface area contributed by atoms with Gasteiger partial charge in [-0.1, -0.05) is 0 Å². The van der Waals surface area contributed by atoms with Gasteiger partial charge in [0, 0.05) is 26.2 Å². The third-order valence-electron chi connectivity index (χ3n) is 1.90. The van der Waals surface area contributed by atoms with Crippen molar-refractivity contribution >= 4 is 43.8 Å². The molecule has 0 bridgehead atoms. The summed E-state index contributed by atoms with van der Waals surface area (Å²) in [6.07, 6.45) is 0. The van der Waals surface area contributed by atoms with Gasteiger partial charge in [-0.05, 0) is 0 Å². The first-order valence-corrected chi connectivity index (χ1v) is 9.80. The van der Waals surface area contributed by atoms with Crippen molar-refractivity contribution in [3.05, 3.63) is 0 Å². The molecule has 0 atom stereocenters. The number of methoxy groups -OCH3 is 2. The van der Waals surface area contributed by atoms with E-state index in [1.807, 2.05) is 0 Å². The molecule has 8 heteroatoms. The van der Waals surface area contributed by atoms with Crippen molar-refractivity contribution in [3.63, 3.8) is 0 Å². The molecule has 0 spiro atoms. The van der Waals surface area contributed by atoms with Crippen LogP contribution >= 0.6 is 0 Å². The van der Waals surface area contributed by atoms with E-state index in [1.54, 1.807) is 14.2 Å². The SMILES string of the molecule is C1CNCCN1.COCC[O][Al+][O]CCOC.[CH3][Na].[H-]. The molecule has 0 aromatic heterocycles. The fraction of sp³-hybridized carbons (Fsp3) is 1.00. The molecule has 0 radical (unpaired) electrons. The first-order chi connectivity index (χ1) is 9.41. The van der Waals surface area contributed by atoms with Crippen LogP contribution in [0.2, 0.25) is 4.17 Å². The summed E-state index contributed by atoms with van der Waals surface area (Å²) in [5.74, 6) is 0. The van der Waals surface area contributed by atoms with Gasteiger partial charge in [-0.2, -0.15) is 0 Å². The quantitative estimate of drug-likeness (QED) is 0.459. The summed E-state index contributed by atoms with van der Waals surface area (Å²) < 4.78 is 21.9. The van der Waals surface area contributed by atoms with Crippen LogP contribution in [-0.2, 0) is 17.1 Å². The van der Waals surface area contributed by atoms with Gasteiger partial charge in [-0.15, -0.1) is 0 Å². The van der Waals surface area contributed by atoms with E-state index in [9.17, 15) is 0 Å². The monoisotopic (exact) mass is 302 g/mol. The van der Waals surface area contributed by atoms with Crippen molar-refractivity contribution in [3.8, 4) is 0 Å². The van der Waals surface area contributed by atoms with Crippen molar-refractivity contribution in [2.24, 2.45) is 0 Å². The normalized spacial score (nSPS) is 13.5. The van der Waals surface area contributed by atoms with Crippen LogP contribution in [0.5, 0.6) is 0 Å². The molecule has 2 N–H and O–H groups in total. The van der Waals surface area contributed by atoms with Crippen molar-refractivity contribution in [1.29, 1.82) is 0 Å². The molecule has 1 saturated heterocycles. The van der Waals surface area contributed by atoms with Crippen LogP contribution in [0, 0.1) is 0 Å². The molecule has 0 unspecified atom stereocenters. The molecular formula is C11H28AlN2NaO4. The Bertz CT molecular complexity index is 132.